The van der Waals surface area contributed by atoms with Gasteiger partial charge in [0.15, 0.2) is 0 Å². The van der Waals surface area contributed by atoms with Gasteiger partial charge in [0.25, 0.3) is 0 Å². The number of aryl methyl sites for hydroxylation is 1. The van der Waals surface area contributed by atoms with E-state index in [1.54, 1.807) is 0 Å². The predicted octanol–water partition coefficient (Wildman–Crippen LogP) is 3.48. The zero-order chi connectivity index (χ0) is 20.1. The summed E-state index contributed by atoms with van der Waals surface area (Å²) in [5.41, 5.74) is 1.33. The average molecular weight is 435 g/mol. The summed E-state index contributed by atoms with van der Waals surface area (Å²) in [5.74, 6) is 2.06. The van der Waals surface area contributed by atoms with Gasteiger partial charge in [-0.15, -0.1) is 12.4 Å². The number of ether oxygens (including phenoxy) is 1. The number of hydrogen-bond acceptors (Lipinski definition) is 6. The van der Waals surface area contributed by atoms with E-state index in [1.807, 2.05) is 36.1 Å². The molecule has 0 saturated carbocycles. The van der Waals surface area contributed by atoms with Crippen molar-refractivity contribution in [1.29, 1.82) is 0 Å². The van der Waals surface area contributed by atoms with Gasteiger partial charge in [0, 0.05) is 31.5 Å². The number of aromatic nitrogens is 2. The first-order chi connectivity index (χ1) is 14.2. The zero-order valence-corrected chi connectivity index (χ0v) is 18.4. The molecule has 0 unspecified atom stereocenters. The van der Waals surface area contributed by atoms with Crippen LogP contribution in [-0.2, 0) is 11.2 Å². The van der Waals surface area contributed by atoms with Gasteiger partial charge in [-0.05, 0) is 75.4 Å². The van der Waals surface area contributed by atoms with Crippen LogP contribution in [-0.4, -0.2) is 53.7 Å². The molecule has 2 fully saturated rings. The maximum Gasteiger partial charge on any atom is 0.227 e. The molecular formula is C22H31ClN4O3. The van der Waals surface area contributed by atoms with Gasteiger partial charge in [-0.3, -0.25) is 4.79 Å². The first kappa shape index (κ1) is 22.6. The Morgan fingerprint density at radius 3 is 2.53 bits per heavy atom. The number of nitrogens with one attached hydrogen (secondary N) is 1. The van der Waals surface area contributed by atoms with Crippen molar-refractivity contribution in [2.45, 2.75) is 45.4 Å². The van der Waals surface area contributed by atoms with Gasteiger partial charge in [0.1, 0.15) is 5.75 Å². The Morgan fingerprint density at radius 2 is 1.87 bits per heavy atom. The van der Waals surface area contributed by atoms with E-state index in [9.17, 15) is 4.79 Å². The Labute approximate surface area is 184 Å². The molecule has 8 heteroatoms. The minimum Gasteiger partial charge on any atom is -0.494 e. The van der Waals surface area contributed by atoms with Crippen molar-refractivity contribution in [3.63, 3.8) is 0 Å². The van der Waals surface area contributed by atoms with Crippen molar-refractivity contribution in [3.8, 4) is 17.1 Å². The van der Waals surface area contributed by atoms with E-state index in [2.05, 4.69) is 15.5 Å². The van der Waals surface area contributed by atoms with Crippen molar-refractivity contribution in [2.75, 3.05) is 32.8 Å². The smallest absolute Gasteiger partial charge is 0.227 e. The summed E-state index contributed by atoms with van der Waals surface area (Å²) < 4.78 is 10.8. The molecule has 2 saturated heterocycles. The van der Waals surface area contributed by atoms with Crippen molar-refractivity contribution in [2.24, 2.45) is 5.41 Å². The van der Waals surface area contributed by atoms with E-state index in [0.29, 0.717) is 36.6 Å². The topological polar surface area (TPSA) is 80.5 Å². The Balaban J connectivity index is 0.00000256. The number of rotatable bonds is 6. The lowest BCUT2D eigenvalue weighted by molar-refractivity contribution is -0.133. The second-order valence-corrected chi connectivity index (χ2v) is 8.10. The van der Waals surface area contributed by atoms with Gasteiger partial charge < -0.3 is 19.5 Å². The number of hydrogen-bond donors (Lipinski definition) is 1. The third-order valence-electron chi connectivity index (χ3n) is 6.29. The molecule has 0 radical (unpaired) electrons. The molecular weight excluding hydrogens is 404 g/mol. The van der Waals surface area contributed by atoms with Crippen molar-refractivity contribution in [3.05, 3.63) is 30.2 Å². The molecule has 1 aromatic heterocycles. The SMILES string of the molecule is CCOc1ccc(-c2noc(CCC(=O)N3CCC4(CCNCC4)CC3)n2)cc1.Cl. The van der Waals surface area contributed by atoms with E-state index in [0.717, 1.165) is 50.3 Å². The minimum absolute atomic E-state index is 0. The molecule has 2 aliphatic rings. The molecule has 0 bridgehead atoms. The standard InChI is InChI=1S/C22H30N4O3.ClH/c1-2-28-18-5-3-17(4-6-18)21-24-19(29-25-21)7-8-20(27)26-15-11-22(12-16-26)9-13-23-14-10-22;/h3-6,23H,2,7-16H2,1H3;1H. The summed E-state index contributed by atoms with van der Waals surface area (Å²) in [7, 11) is 0. The second-order valence-electron chi connectivity index (χ2n) is 8.10. The summed E-state index contributed by atoms with van der Waals surface area (Å²) in [6.45, 7) is 6.56. The molecule has 164 valence electrons. The normalized spacial score (nSPS) is 18.1. The Morgan fingerprint density at radius 1 is 1.17 bits per heavy atom. The van der Waals surface area contributed by atoms with Crippen LogP contribution in [0.3, 0.4) is 0 Å². The maximum absolute atomic E-state index is 12.6. The third-order valence-corrected chi connectivity index (χ3v) is 6.29. The van der Waals surface area contributed by atoms with Crippen molar-refractivity contribution < 1.29 is 14.1 Å². The highest BCUT2D eigenvalue weighted by molar-refractivity contribution is 5.85. The zero-order valence-electron chi connectivity index (χ0n) is 17.6. The number of carbonyl (C=O) groups excluding carboxylic acids is 1. The first-order valence-corrected chi connectivity index (χ1v) is 10.7. The summed E-state index contributed by atoms with van der Waals surface area (Å²) in [6.07, 6.45) is 5.64. The van der Waals surface area contributed by atoms with Crippen LogP contribution in [0.25, 0.3) is 11.4 Å². The van der Waals surface area contributed by atoms with Crippen LogP contribution in [0.4, 0.5) is 0 Å². The molecule has 1 amide bonds. The van der Waals surface area contributed by atoms with E-state index >= 15 is 0 Å². The number of amides is 1. The fourth-order valence-electron chi connectivity index (χ4n) is 4.40. The molecule has 1 aromatic carbocycles. The molecule has 7 nitrogen and oxygen atoms in total. The Hall–Kier alpha value is -2.12. The molecule has 30 heavy (non-hydrogen) atoms. The van der Waals surface area contributed by atoms with Gasteiger partial charge in [0.05, 0.1) is 6.61 Å². The monoisotopic (exact) mass is 434 g/mol. The van der Waals surface area contributed by atoms with Crippen LogP contribution in [0.1, 0.15) is 44.9 Å². The average Bonchev–Trinajstić information content (AvgIpc) is 3.23. The van der Waals surface area contributed by atoms with Crippen molar-refractivity contribution in [1.82, 2.24) is 20.4 Å². The quantitative estimate of drug-likeness (QED) is 0.749. The number of piperidine rings is 2. The molecule has 3 heterocycles. The molecule has 4 rings (SSSR count). The van der Waals surface area contributed by atoms with E-state index < -0.39 is 0 Å². The Kier molecular flexibility index (Phi) is 7.72. The fraction of sp³-hybridized carbons (Fsp3) is 0.591. The highest BCUT2D eigenvalue weighted by atomic mass is 35.5. The van der Waals surface area contributed by atoms with Gasteiger partial charge in [-0.1, -0.05) is 5.16 Å². The first-order valence-electron chi connectivity index (χ1n) is 10.7. The summed E-state index contributed by atoms with van der Waals surface area (Å²) >= 11 is 0. The van der Waals surface area contributed by atoms with Crippen molar-refractivity contribution >= 4 is 18.3 Å². The van der Waals surface area contributed by atoms with Crippen LogP contribution in [0.15, 0.2) is 28.8 Å². The van der Waals surface area contributed by atoms with E-state index in [1.165, 1.54) is 12.8 Å². The van der Waals surface area contributed by atoms with E-state index in [-0.39, 0.29) is 18.3 Å². The summed E-state index contributed by atoms with van der Waals surface area (Å²) in [5, 5.41) is 7.49. The highest BCUT2D eigenvalue weighted by Crippen LogP contribution is 2.39. The number of carbonyl (C=O) groups is 1. The summed E-state index contributed by atoms with van der Waals surface area (Å²) in [6, 6.07) is 7.61. The number of likely N-dealkylation sites (tertiary alicyclic amines) is 1. The predicted molar refractivity (Wildman–Crippen MR) is 117 cm³/mol. The lowest BCUT2D eigenvalue weighted by Gasteiger charge is -2.44. The van der Waals surface area contributed by atoms with Gasteiger partial charge in [-0.25, -0.2) is 0 Å². The number of halogens is 1. The van der Waals surface area contributed by atoms with Crippen LogP contribution < -0.4 is 10.1 Å². The lowest BCUT2D eigenvalue weighted by atomic mass is 9.71. The molecule has 2 aliphatic heterocycles. The number of nitrogens with zero attached hydrogens (tertiary/aromatic N) is 3. The van der Waals surface area contributed by atoms with Crippen LogP contribution in [0.5, 0.6) is 5.75 Å². The van der Waals surface area contributed by atoms with Gasteiger partial charge in [-0.2, -0.15) is 4.98 Å². The summed E-state index contributed by atoms with van der Waals surface area (Å²) in [4.78, 5) is 19.1. The van der Waals surface area contributed by atoms with E-state index in [4.69, 9.17) is 9.26 Å². The molecule has 1 N–H and O–H groups in total. The third kappa shape index (κ3) is 5.32. The largest absolute Gasteiger partial charge is 0.494 e. The lowest BCUT2D eigenvalue weighted by Crippen LogP contribution is -2.47. The van der Waals surface area contributed by atoms with Gasteiger partial charge in [0.2, 0.25) is 17.6 Å². The molecule has 0 atom stereocenters. The van der Waals surface area contributed by atoms with Crippen LogP contribution in [0, 0.1) is 5.41 Å². The molecule has 2 aromatic rings. The highest BCUT2D eigenvalue weighted by Gasteiger charge is 2.36. The maximum atomic E-state index is 12.6. The van der Waals surface area contributed by atoms with Gasteiger partial charge >= 0.3 is 0 Å². The minimum atomic E-state index is 0. The Bertz CT molecular complexity index is 808. The van der Waals surface area contributed by atoms with Crippen LogP contribution >= 0.6 is 12.4 Å². The number of benzene rings is 1. The molecule has 1 spiro atoms. The second kappa shape index (κ2) is 10.3. The fourth-order valence-corrected chi connectivity index (χ4v) is 4.40. The van der Waals surface area contributed by atoms with Crippen LogP contribution in [0.2, 0.25) is 0 Å². The molecule has 0 aliphatic carbocycles.